The van der Waals surface area contributed by atoms with Gasteiger partial charge in [-0.1, -0.05) is 26.0 Å². The summed E-state index contributed by atoms with van der Waals surface area (Å²) in [6, 6.07) is 7.29. The van der Waals surface area contributed by atoms with Crippen LogP contribution < -0.4 is 5.30 Å². The molecule has 1 aromatic carbocycles. The lowest BCUT2D eigenvalue weighted by molar-refractivity contribution is 0.278. The smallest absolute Gasteiger partial charge is 0.328 e. The van der Waals surface area contributed by atoms with Gasteiger partial charge in [0.1, 0.15) is 5.90 Å². The van der Waals surface area contributed by atoms with Crippen LogP contribution in [0.3, 0.4) is 0 Å². The normalized spacial score (nSPS) is 15.3. The van der Waals surface area contributed by atoms with Gasteiger partial charge in [0, 0.05) is 26.6 Å². The van der Waals surface area contributed by atoms with Crippen molar-refractivity contribution in [3.8, 4) is 0 Å². The Bertz CT molecular complexity index is 516. The quantitative estimate of drug-likeness (QED) is 0.715. The summed E-state index contributed by atoms with van der Waals surface area (Å²) >= 11 is 0. The summed E-state index contributed by atoms with van der Waals surface area (Å²) in [6.07, 6.45) is 0. The van der Waals surface area contributed by atoms with E-state index < -0.39 is 15.0 Å². The zero-order valence-electron chi connectivity index (χ0n) is 12.5. The Morgan fingerprint density at radius 1 is 0.950 bits per heavy atom. The predicted octanol–water partition coefficient (Wildman–Crippen LogP) is 3.80. The van der Waals surface area contributed by atoms with Gasteiger partial charge >= 0.3 is 7.60 Å². The fraction of sp³-hybridized carbons (Fsp3) is 0.538. The van der Waals surface area contributed by atoms with Crippen LogP contribution in [0.2, 0.25) is 0 Å². The van der Waals surface area contributed by atoms with Crippen molar-refractivity contribution in [2.75, 3.05) is 27.2 Å². The molecule has 0 fully saturated rings. The van der Waals surface area contributed by atoms with Crippen LogP contribution in [0.4, 0.5) is 0 Å². The van der Waals surface area contributed by atoms with E-state index >= 15 is 0 Å². The van der Waals surface area contributed by atoms with Gasteiger partial charge in [0.15, 0.2) is 0 Å². The van der Waals surface area contributed by atoms with Crippen molar-refractivity contribution >= 4 is 20.3 Å². The van der Waals surface area contributed by atoms with Crippen LogP contribution in [0, 0.1) is 0 Å². The largest absolute Gasteiger partial charge is 0.340 e. The van der Waals surface area contributed by atoms with Crippen molar-refractivity contribution in [1.82, 2.24) is 0 Å². The monoisotopic (exact) mass is 320 g/mol. The molecule has 0 amide bonds. The summed E-state index contributed by atoms with van der Waals surface area (Å²) in [5.41, 5.74) is 1.14. The second-order valence-electron chi connectivity index (χ2n) is 4.72. The highest BCUT2D eigenvalue weighted by Crippen LogP contribution is 2.61. The van der Waals surface area contributed by atoms with Crippen LogP contribution in [-0.4, -0.2) is 27.2 Å². The Morgan fingerprint density at radius 2 is 1.45 bits per heavy atom. The summed E-state index contributed by atoms with van der Waals surface area (Å²) in [4.78, 5) is 0. The molecule has 20 heavy (non-hydrogen) atoms. The van der Waals surface area contributed by atoms with Gasteiger partial charge in [-0.15, -0.1) is 0 Å². The van der Waals surface area contributed by atoms with E-state index in [2.05, 4.69) is 13.8 Å². The van der Waals surface area contributed by atoms with Crippen LogP contribution in [0.25, 0.3) is 0 Å². The van der Waals surface area contributed by atoms with E-state index in [9.17, 15) is 9.13 Å². The second-order valence-corrected chi connectivity index (χ2v) is 10.0. The first-order valence-corrected chi connectivity index (χ1v) is 9.80. The molecule has 1 unspecified atom stereocenters. The van der Waals surface area contributed by atoms with Gasteiger partial charge in [-0.3, -0.25) is 9.13 Å². The van der Waals surface area contributed by atoms with Gasteiger partial charge < -0.3 is 13.6 Å². The summed E-state index contributed by atoms with van der Waals surface area (Å²) < 4.78 is 39.9. The molecule has 0 aliphatic carbocycles. The Balaban J connectivity index is 3.11. The summed E-state index contributed by atoms with van der Waals surface area (Å²) in [6.45, 7) is 4.16. The van der Waals surface area contributed by atoms with Crippen molar-refractivity contribution in [2.24, 2.45) is 0 Å². The van der Waals surface area contributed by atoms with E-state index in [1.54, 1.807) is 12.1 Å². The molecular weight excluding hydrogens is 298 g/mol. The van der Waals surface area contributed by atoms with E-state index in [0.717, 1.165) is 5.56 Å². The highest BCUT2D eigenvalue weighted by Gasteiger charge is 2.36. The molecule has 0 bridgehead atoms. The maximum atomic E-state index is 12.8. The molecule has 5 nitrogen and oxygen atoms in total. The first-order valence-electron chi connectivity index (χ1n) is 6.26. The molecular formula is C13H22O5P2. The number of benzene rings is 1. The van der Waals surface area contributed by atoms with Gasteiger partial charge in [-0.05, 0) is 23.6 Å². The van der Waals surface area contributed by atoms with Crippen LogP contribution >= 0.6 is 15.0 Å². The SMILES string of the molecule is COP(=O)(CP(=O)(OC)c1ccc(C(C)C)cc1)OC. The van der Waals surface area contributed by atoms with E-state index in [0.29, 0.717) is 11.2 Å². The molecule has 7 heteroatoms. The molecule has 1 aromatic rings. The highest BCUT2D eigenvalue weighted by atomic mass is 31.2. The fourth-order valence-corrected chi connectivity index (χ4v) is 6.58. The van der Waals surface area contributed by atoms with Gasteiger partial charge in [0.05, 0.1) is 0 Å². The van der Waals surface area contributed by atoms with Gasteiger partial charge in [-0.25, -0.2) is 0 Å². The van der Waals surface area contributed by atoms with Crippen LogP contribution in [0.1, 0.15) is 25.3 Å². The molecule has 1 atom stereocenters. The molecule has 1 rings (SSSR count). The molecule has 0 saturated carbocycles. The molecule has 0 aliphatic heterocycles. The van der Waals surface area contributed by atoms with Crippen LogP contribution in [0.15, 0.2) is 24.3 Å². The molecule has 0 N–H and O–H groups in total. The highest BCUT2D eigenvalue weighted by molar-refractivity contribution is 7.78. The predicted molar refractivity (Wildman–Crippen MR) is 81.3 cm³/mol. The van der Waals surface area contributed by atoms with Crippen molar-refractivity contribution < 1.29 is 22.7 Å². The summed E-state index contributed by atoms with van der Waals surface area (Å²) in [7, 11) is -2.79. The first-order chi connectivity index (χ1) is 9.30. The van der Waals surface area contributed by atoms with Crippen molar-refractivity contribution in [2.45, 2.75) is 19.8 Å². The van der Waals surface area contributed by atoms with Crippen molar-refractivity contribution in [3.05, 3.63) is 29.8 Å². The lowest BCUT2D eigenvalue weighted by Gasteiger charge is -2.21. The molecule has 0 radical (unpaired) electrons. The minimum Gasteiger partial charge on any atom is -0.328 e. The topological polar surface area (TPSA) is 61.8 Å². The van der Waals surface area contributed by atoms with Crippen LogP contribution in [-0.2, 0) is 22.7 Å². The van der Waals surface area contributed by atoms with Crippen LogP contribution in [0.5, 0.6) is 0 Å². The molecule has 0 aromatic heterocycles. The van der Waals surface area contributed by atoms with E-state index in [1.807, 2.05) is 12.1 Å². The Labute approximate surface area is 120 Å². The molecule has 0 spiro atoms. The minimum atomic E-state index is -3.40. The average Bonchev–Trinajstić information content (AvgIpc) is 2.47. The number of rotatable bonds is 7. The van der Waals surface area contributed by atoms with Crippen molar-refractivity contribution in [1.29, 1.82) is 0 Å². The second kappa shape index (κ2) is 7.02. The molecule has 114 valence electrons. The zero-order valence-corrected chi connectivity index (χ0v) is 14.3. The van der Waals surface area contributed by atoms with Gasteiger partial charge in [-0.2, -0.15) is 0 Å². The minimum absolute atomic E-state index is 0.273. The lowest BCUT2D eigenvalue weighted by atomic mass is 10.0. The number of hydrogen-bond donors (Lipinski definition) is 0. The average molecular weight is 320 g/mol. The Kier molecular flexibility index (Phi) is 6.18. The zero-order chi connectivity index (χ0) is 15.4. The first kappa shape index (κ1) is 17.6. The lowest BCUT2D eigenvalue weighted by Crippen LogP contribution is -2.11. The summed E-state index contributed by atoms with van der Waals surface area (Å²) in [5, 5.41) is 0.513. The maximum absolute atomic E-state index is 12.8. The fourth-order valence-electron chi connectivity index (χ4n) is 1.75. The van der Waals surface area contributed by atoms with E-state index in [1.165, 1.54) is 21.3 Å². The number of hydrogen-bond acceptors (Lipinski definition) is 5. The van der Waals surface area contributed by atoms with Crippen molar-refractivity contribution in [3.63, 3.8) is 0 Å². The third-order valence-corrected chi connectivity index (χ3v) is 8.83. The third-order valence-electron chi connectivity index (χ3n) is 3.16. The Hall–Kier alpha value is -0.440. The third kappa shape index (κ3) is 4.03. The van der Waals surface area contributed by atoms with Gasteiger partial charge in [0.2, 0.25) is 7.37 Å². The molecule has 0 heterocycles. The molecule has 0 saturated heterocycles. The van der Waals surface area contributed by atoms with E-state index in [-0.39, 0.29) is 5.90 Å². The molecule has 0 aliphatic rings. The van der Waals surface area contributed by atoms with E-state index in [4.69, 9.17) is 13.6 Å². The van der Waals surface area contributed by atoms with Gasteiger partial charge in [0.25, 0.3) is 0 Å². The maximum Gasteiger partial charge on any atom is 0.340 e. The Morgan fingerprint density at radius 3 is 1.80 bits per heavy atom. The summed E-state index contributed by atoms with van der Waals surface area (Å²) in [5.74, 6) is 0.111. The standard InChI is InChI=1S/C13H22O5P2/c1-11(2)12-6-8-13(9-7-12)19(14,16-3)10-20(15,17-4)18-5/h6-9,11H,10H2,1-5H3.